The summed E-state index contributed by atoms with van der Waals surface area (Å²) in [5, 5.41) is 22.0. The van der Waals surface area contributed by atoms with Crippen molar-refractivity contribution in [1.82, 2.24) is 4.98 Å². The van der Waals surface area contributed by atoms with Gasteiger partial charge in [0.25, 0.3) is 0 Å². The van der Waals surface area contributed by atoms with Crippen molar-refractivity contribution < 1.29 is 15.0 Å². The Morgan fingerprint density at radius 3 is 2.74 bits per heavy atom. The molecule has 0 fully saturated rings. The van der Waals surface area contributed by atoms with Gasteiger partial charge in [-0.2, -0.15) is 0 Å². The first-order valence-electron chi connectivity index (χ1n) is 5.31. The lowest BCUT2D eigenvalue weighted by molar-refractivity contribution is -0.138. The summed E-state index contributed by atoms with van der Waals surface area (Å²) < 4.78 is -0.522. The Morgan fingerprint density at radius 1 is 1.53 bits per heavy atom. The number of carboxylic acid groups (broad SMARTS) is 1. The Bertz CT molecular complexity index is 522. The summed E-state index contributed by atoms with van der Waals surface area (Å²) in [5.41, 5.74) is 0.408. The van der Waals surface area contributed by atoms with Crippen LogP contribution in [0.2, 0.25) is 0 Å². The van der Waals surface area contributed by atoms with Gasteiger partial charge in [-0.15, -0.1) is 12.4 Å². The molecule has 2 rings (SSSR count). The molecule has 0 amide bonds. The number of rotatable bonds is 2. The van der Waals surface area contributed by atoms with Gasteiger partial charge in [0.05, 0.1) is 4.75 Å². The maximum absolute atomic E-state index is 11.1. The first-order valence-corrected chi connectivity index (χ1v) is 6.12. The highest BCUT2D eigenvalue weighted by atomic mass is 35.5. The molecule has 0 aliphatic carbocycles. The van der Waals surface area contributed by atoms with Crippen LogP contribution in [0.4, 0.5) is 5.69 Å². The lowest BCUT2D eigenvalue weighted by atomic mass is 10.0. The maximum atomic E-state index is 11.1. The van der Waals surface area contributed by atoms with E-state index in [9.17, 15) is 9.90 Å². The minimum atomic E-state index is -0.959. The van der Waals surface area contributed by atoms with E-state index < -0.39 is 16.8 Å². The van der Waals surface area contributed by atoms with E-state index in [1.165, 1.54) is 18.0 Å². The van der Waals surface area contributed by atoms with Gasteiger partial charge in [-0.1, -0.05) is 11.8 Å². The van der Waals surface area contributed by atoms with Crippen molar-refractivity contribution in [2.24, 2.45) is 4.99 Å². The van der Waals surface area contributed by atoms with Crippen molar-refractivity contribution in [2.75, 3.05) is 5.32 Å². The molecule has 0 radical (unpaired) electrons. The highest BCUT2D eigenvalue weighted by molar-refractivity contribution is 8.15. The number of thioether (sulfide) groups is 1. The van der Waals surface area contributed by atoms with E-state index >= 15 is 0 Å². The number of nitrogens with one attached hydrogen (secondary N) is 1. The van der Waals surface area contributed by atoms with Crippen molar-refractivity contribution >= 4 is 41.0 Å². The number of carboxylic acids is 1. The molecule has 1 aromatic heterocycles. The average molecular weight is 304 g/mol. The van der Waals surface area contributed by atoms with E-state index in [1.54, 1.807) is 12.1 Å². The monoisotopic (exact) mass is 303 g/mol. The molecule has 3 N–H and O–H groups in total. The van der Waals surface area contributed by atoms with Gasteiger partial charge < -0.3 is 15.5 Å². The lowest BCUT2D eigenvalue weighted by Gasteiger charge is -2.20. The number of hydrogen-bond acceptors (Lipinski definition) is 6. The number of amidine groups is 1. The number of aromatic hydroxyl groups is 1. The normalized spacial score (nSPS) is 20.3. The van der Waals surface area contributed by atoms with Gasteiger partial charge in [0.2, 0.25) is 5.88 Å². The first-order chi connectivity index (χ1) is 8.40. The quantitative estimate of drug-likeness (QED) is 0.773. The number of carbonyl (C=O) groups is 1. The lowest BCUT2D eigenvalue weighted by Crippen LogP contribution is -2.34. The topological polar surface area (TPSA) is 94.8 Å². The summed E-state index contributed by atoms with van der Waals surface area (Å²) in [4.78, 5) is 18.9. The van der Waals surface area contributed by atoms with Crippen LogP contribution in [-0.4, -0.2) is 37.1 Å². The van der Waals surface area contributed by atoms with Crippen molar-refractivity contribution in [3.63, 3.8) is 0 Å². The molecule has 2 heterocycles. The zero-order valence-electron chi connectivity index (χ0n) is 10.3. The van der Waals surface area contributed by atoms with Crippen LogP contribution in [0.25, 0.3) is 0 Å². The standard InChI is InChI=1S/C11H13N3O3S.ClH/c1-11(2)7(9(16)17)14-10(18-11)13-6-4-3-5-12-8(6)15;/h3-5,7H,1-2H3,(H,12,15)(H,13,14)(H,16,17);1H/t7-;/m0./s1. The number of aliphatic carboxylic acids is 1. The average Bonchev–Trinajstić information content (AvgIpc) is 2.57. The molecule has 0 saturated carbocycles. The van der Waals surface area contributed by atoms with Crippen LogP contribution >= 0.6 is 24.2 Å². The van der Waals surface area contributed by atoms with E-state index in [2.05, 4.69) is 15.3 Å². The minimum absolute atomic E-state index is 0. The third-order valence-electron chi connectivity index (χ3n) is 2.53. The molecule has 8 heteroatoms. The Balaban J connectivity index is 0.00000180. The molecule has 0 spiro atoms. The SMILES string of the molecule is CC1(C)SC(Nc2cccnc2O)=N[C@H]1C(=O)O.Cl. The summed E-state index contributed by atoms with van der Waals surface area (Å²) in [6, 6.07) is 2.51. The van der Waals surface area contributed by atoms with Gasteiger partial charge in [-0.25, -0.2) is 14.8 Å². The van der Waals surface area contributed by atoms with Gasteiger partial charge in [-0.05, 0) is 26.0 Å². The maximum Gasteiger partial charge on any atom is 0.329 e. The van der Waals surface area contributed by atoms with Gasteiger partial charge in [-0.3, -0.25) is 0 Å². The summed E-state index contributed by atoms with van der Waals surface area (Å²) in [7, 11) is 0. The third kappa shape index (κ3) is 3.30. The van der Waals surface area contributed by atoms with Crippen LogP contribution in [0.15, 0.2) is 23.3 Å². The largest absolute Gasteiger partial charge is 0.492 e. The first kappa shape index (κ1) is 15.6. The third-order valence-corrected chi connectivity index (χ3v) is 3.68. The van der Waals surface area contributed by atoms with Crippen molar-refractivity contribution in [1.29, 1.82) is 0 Å². The summed E-state index contributed by atoms with van der Waals surface area (Å²) in [5.74, 6) is -1.10. The Labute approximate surface area is 120 Å². The zero-order chi connectivity index (χ0) is 13.3. The molecule has 1 aliphatic rings. The number of pyridine rings is 1. The van der Waals surface area contributed by atoms with E-state index in [1.807, 2.05) is 13.8 Å². The minimum Gasteiger partial charge on any atom is -0.492 e. The Hall–Kier alpha value is -1.47. The van der Waals surface area contributed by atoms with Crippen LogP contribution in [0.5, 0.6) is 5.88 Å². The highest BCUT2D eigenvalue weighted by Crippen LogP contribution is 2.38. The predicted octanol–water partition coefficient (Wildman–Crippen LogP) is 1.96. The molecule has 19 heavy (non-hydrogen) atoms. The predicted molar refractivity (Wildman–Crippen MR) is 77.3 cm³/mol. The molecule has 1 atom stereocenters. The van der Waals surface area contributed by atoms with Crippen LogP contribution in [0, 0.1) is 0 Å². The van der Waals surface area contributed by atoms with E-state index in [4.69, 9.17) is 5.11 Å². The molecule has 1 aromatic rings. The summed E-state index contributed by atoms with van der Waals surface area (Å²) in [6.45, 7) is 3.63. The Kier molecular flexibility index (Phi) is 4.65. The van der Waals surface area contributed by atoms with Crippen molar-refractivity contribution in [3.8, 4) is 5.88 Å². The van der Waals surface area contributed by atoms with Crippen LogP contribution in [0.3, 0.4) is 0 Å². The Morgan fingerprint density at radius 2 is 2.21 bits per heavy atom. The second kappa shape index (κ2) is 5.66. The fourth-order valence-electron chi connectivity index (χ4n) is 1.62. The van der Waals surface area contributed by atoms with E-state index in [-0.39, 0.29) is 18.3 Å². The zero-order valence-corrected chi connectivity index (χ0v) is 12.0. The van der Waals surface area contributed by atoms with Gasteiger partial charge in [0.1, 0.15) is 5.69 Å². The van der Waals surface area contributed by atoms with Crippen LogP contribution in [0.1, 0.15) is 13.8 Å². The molecule has 1 aliphatic heterocycles. The summed E-state index contributed by atoms with van der Waals surface area (Å²) in [6.07, 6.45) is 1.47. The van der Waals surface area contributed by atoms with Crippen LogP contribution in [-0.2, 0) is 4.79 Å². The molecule has 0 bridgehead atoms. The number of halogens is 1. The number of nitrogens with zero attached hydrogens (tertiary/aromatic N) is 2. The highest BCUT2D eigenvalue weighted by Gasteiger charge is 2.42. The smallest absolute Gasteiger partial charge is 0.329 e. The van der Waals surface area contributed by atoms with Crippen LogP contribution < -0.4 is 5.32 Å². The molecule has 104 valence electrons. The molecule has 6 nitrogen and oxygen atoms in total. The molecular weight excluding hydrogens is 290 g/mol. The number of anilines is 1. The molecular formula is C11H14ClN3O3S. The van der Waals surface area contributed by atoms with Crippen molar-refractivity contribution in [2.45, 2.75) is 24.6 Å². The fourth-order valence-corrected chi connectivity index (χ4v) is 2.71. The van der Waals surface area contributed by atoms with E-state index in [0.29, 0.717) is 10.9 Å². The van der Waals surface area contributed by atoms with Gasteiger partial charge in [0, 0.05) is 6.20 Å². The summed E-state index contributed by atoms with van der Waals surface area (Å²) >= 11 is 1.33. The van der Waals surface area contributed by atoms with Crippen molar-refractivity contribution in [3.05, 3.63) is 18.3 Å². The second-order valence-corrected chi connectivity index (χ2v) is 6.02. The fraction of sp³-hybridized carbons (Fsp3) is 0.364. The van der Waals surface area contributed by atoms with E-state index in [0.717, 1.165) is 0 Å². The van der Waals surface area contributed by atoms with Gasteiger partial charge in [0.15, 0.2) is 11.2 Å². The molecule has 0 saturated heterocycles. The number of hydrogen-bond donors (Lipinski definition) is 3. The molecule has 0 aromatic carbocycles. The van der Waals surface area contributed by atoms with Gasteiger partial charge >= 0.3 is 5.97 Å². The number of aliphatic imine (C=N–C) groups is 1. The second-order valence-electron chi connectivity index (χ2n) is 4.38. The number of aromatic nitrogens is 1. The molecule has 0 unspecified atom stereocenters.